The molecular formula is C16H25N3O. The van der Waals surface area contributed by atoms with E-state index in [9.17, 15) is 4.79 Å². The summed E-state index contributed by atoms with van der Waals surface area (Å²) in [6.07, 6.45) is 3.52. The van der Waals surface area contributed by atoms with E-state index in [1.54, 1.807) is 0 Å². The standard InChI is InChI=1S/C16H25N3O/c17-8-9-18-16(20)13-19-10-6-15(7-11-19)12-14-4-2-1-3-5-14/h1-5,15H,6-13,17H2,(H,18,20). The molecule has 1 aromatic rings. The second-order valence-electron chi connectivity index (χ2n) is 5.55. The molecule has 4 heteroatoms. The normalized spacial score (nSPS) is 17.1. The summed E-state index contributed by atoms with van der Waals surface area (Å²) in [7, 11) is 0. The molecule has 1 heterocycles. The predicted molar refractivity (Wildman–Crippen MR) is 81.4 cm³/mol. The topological polar surface area (TPSA) is 58.4 Å². The Bertz CT molecular complexity index is 399. The zero-order valence-electron chi connectivity index (χ0n) is 12.1. The maximum Gasteiger partial charge on any atom is 0.234 e. The maximum absolute atomic E-state index is 11.6. The largest absolute Gasteiger partial charge is 0.354 e. The van der Waals surface area contributed by atoms with Gasteiger partial charge in [0.15, 0.2) is 0 Å². The summed E-state index contributed by atoms with van der Waals surface area (Å²) in [6.45, 7) is 3.63. The fourth-order valence-electron chi connectivity index (χ4n) is 2.77. The summed E-state index contributed by atoms with van der Waals surface area (Å²) in [5.74, 6) is 0.845. The minimum absolute atomic E-state index is 0.0944. The second kappa shape index (κ2) is 8.02. The lowest BCUT2D eigenvalue weighted by Crippen LogP contribution is -2.42. The van der Waals surface area contributed by atoms with E-state index in [0.29, 0.717) is 19.6 Å². The second-order valence-corrected chi connectivity index (χ2v) is 5.55. The Kier molecular flexibility index (Phi) is 6.02. The van der Waals surface area contributed by atoms with E-state index < -0.39 is 0 Å². The number of piperidine rings is 1. The van der Waals surface area contributed by atoms with Crippen molar-refractivity contribution in [2.24, 2.45) is 11.7 Å². The molecular weight excluding hydrogens is 250 g/mol. The van der Waals surface area contributed by atoms with Crippen molar-refractivity contribution in [1.29, 1.82) is 0 Å². The minimum Gasteiger partial charge on any atom is -0.354 e. The van der Waals surface area contributed by atoms with Gasteiger partial charge in [-0.15, -0.1) is 0 Å². The summed E-state index contributed by atoms with van der Waals surface area (Å²) in [5, 5.41) is 2.83. The third kappa shape index (κ3) is 4.94. The van der Waals surface area contributed by atoms with E-state index in [1.807, 2.05) is 0 Å². The Hall–Kier alpha value is -1.39. The molecule has 1 fully saturated rings. The van der Waals surface area contributed by atoms with Gasteiger partial charge in [0.1, 0.15) is 0 Å². The van der Waals surface area contributed by atoms with Crippen molar-refractivity contribution >= 4 is 5.91 Å². The minimum atomic E-state index is 0.0944. The first-order chi connectivity index (χ1) is 9.78. The highest BCUT2D eigenvalue weighted by Crippen LogP contribution is 2.21. The summed E-state index contributed by atoms with van der Waals surface area (Å²) >= 11 is 0. The van der Waals surface area contributed by atoms with E-state index in [-0.39, 0.29) is 5.91 Å². The SMILES string of the molecule is NCCNC(=O)CN1CCC(Cc2ccccc2)CC1. The lowest BCUT2D eigenvalue weighted by Gasteiger charge is -2.31. The number of rotatable bonds is 6. The molecule has 0 aromatic heterocycles. The van der Waals surface area contributed by atoms with Crippen LogP contribution in [0.2, 0.25) is 0 Å². The highest BCUT2D eigenvalue weighted by Gasteiger charge is 2.20. The summed E-state index contributed by atoms with van der Waals surface area (Å²) < 4.78 is 0. The van der Waals surface area contributed by atoms with Crippen LogP contribution >= 0.6 is 0 Å². The number of carbonyl (C=O) groups is 1. The quantitative estimate of drug-likeness (QED) is 0.815. The summed E-state index contributed by atoms with van der Waals surface area (Å²) in [6, 6.07) is 10.7. The van der Waals surface area contributed by atoms with Gasteiger partial charge in [0.05, 0.1) is 6.54 Å². The van der Waals surface area contributed by atoms with Gasteiger partial charge in [0.25, 0.3) is 0 Å². The third-order valence-corrected chi connectivity index (χ3v) is 3.91. The zero-order chi connectivity index (χ0) is 14.2. The molecule has 1 amide bonds. The molecule has 0 spiro atoms. The van der Waals surface area contributed by atoms with Gasteiger partial charge in [-0.25, -0.2) is 0 Å². The van der Waals surface area contributed by atoms with Gasteiger partial charge in [0, 0.05) is 13.1 Å². The van der Waals surface area contributed by atoms with Crippen LogP contribution in [0.25, 0.3) is 0 Å². The van der Waals surface area contributed by atoms with Crippen molar-refractivity contribution in [3.63, 3.8) is 0 Å². The van der Waals surface area contributed by atoms with Crippen molar-refractivity contribution in [2.75, 3.05) is 32.7 Å². The first-order valence-electron chi connectivity index (χ1n) is 7.51. The highest BCUT2D eigenvalue weighted by molar-refractivity contribution is 5.77. The van der Waals surface area contributed by atoms with Crippen LogP contribution in [0, 0.1) is 5.92 Å². The average molecular weight is 275 g/mol. The molecule has 0 bridgehead atoms. The number of hydrogen-bond donors (Lipinski definition) is 2. The van der Waals surface area contributed by atoms with Gasteiger partial charge >= 0.3 is 0 Å². The molecule has 0 unspecified atom stereocenters. The van der Waals surface area contributed by atoms with Gasteiger partial charge in [-0.1, -0.05) is 30.3 Å². The monoisotopic (exact) mass is 275 g/mol. The summed E-state index contributed by atoms with van der Waals surface area (Å²) in [4.78, 5) is 13.9. The maximum atomic E-state index is 11.6. The van der Waals surface area contributed by atoms with Crippen LogP contribution in [-0.2, 0) is 11.2 Å². The first-order valence-corrected chi connectivity index (χ1v) is 7.51. The number of nitrogens with zero attached hydrogens (tertiary/aromatic N) is 1. The Morgan fingerprint density at radius 3 is 2.60 bits per heavy atom. The average Bonchev–Trinajstić information content (AvgIpc) is 2.48. The van der Waals surface area contributed by atoms with E-state index >= 15 is 0 Å². The number of nitrogens with one attached hydrogen (secondary N) is 1. The molecule has 110 valence electrons. The molecule has 0 saturated carbocycles. The van der Waals surface area contributed by atoms with Gasteiger partial charge in [-0.05, 0) is 43.8 Å². The Labute approximate surface area is 121 Å². The third-order valence-electron chi connectivity index (χ3n) is 3.91. The molecule has 1 aliphatic heterocycles. The molecule has 4 nitrogen and oxygen atoms in total. The van der Waals surface area contributed by atoms with E-state index in [0.717, 1.165) is 25.4 Å². The lowest BCUT2D eigenvalue weighted by atomic mass is 9.90. The van der Waals surface area contributed by atoms with E-state index in [2.05, 4.69) is 40.5 Å². The van der Waals surface area contributed by atoms with Crippen molar-refractivity contribution in [1.82, 2.24) is 10.2 Å². The van der Waals surface area contributed by atoms with Gasteiger partial charge in [-0.2, -0.15) is 0 Å². The molecule has 20 heavy (non-hydrogen) atoms. The van der Waals surface area contributed by atoms with Crippen molar-refractivity contribution < 1.29 is 4.79 Å². The van der Waals surface area contributed by atoms with E-state index in [4.69, 9.17) is 5.73 Å². The van der Waals surface area contributed by atoms with Crippen LogP contribution in [0.4, 0.5) is 0 Å². The summed E-state index contributed by atoms with van der Waals surface area (Å²) in [5.41, 5.74) is 6.80. The fourth-order valence-corrected chi connectivity index (χ4v) is 2.77. The smallest absolute Gasteiger partial charge is 0.234 e. The van der Waals surface area contributed by atoms with Gasteiger partial charge < -0.3 is 11.1 Å². The predicted octanol–water partition coefficient (Wildman–Crippen LogP) is 1.02. The van der Waals surface area contributed by atoms with Crippen LogP contribution < -0.4 is 11.1 Å². The Balaban J connectivity index is 1.68. The molecule has 1 aromatic carbocycles. The van der Waals surface area contributed by atoms with E-state index in [1.165, 1.54) is 18.4 Å². The van der Waals surface area contributed by atoms with Crippen molar-refractivity contribution in [3.8, 4) is 0 Å². The number of hydrogen-bond acceptors (Lipinski definition) is 3. The molecule has 2 rings (SSSR count). The molecule has 0 aliphatic carbocycles. The fraction of sp³-hybridized carbons (Fsp3) is 0.562. The molecule has 1 aliphatic rings. The van der Waals surface area contributed by atoms with Crippen LogP contribution in [0.3, 0.4) is 0 Å². The van der Waals surface area contributed by atoms with Gasteiger partial charge in [0.2, 0.25) is 5.91 Å². The van der Waals surface area contributed by atoms with Crippen LogP contribution in [-0.4, -0.2) is 43.5 Å². The Morgan fingerprint density at radius 2 is 1.95 bits per heavy atom. The number of nitrogens with two attached hydrogens (primary N) is 1. The van der Waals surface area contributed by atoms with Crippen molar-refractivity contribution in [2.45, 2.75) is 19.3 Å². The number of amides is 1. The highest BCUT2D eigenvalue weighted by atomic mass is 16.2. The van der Waals surface area contributed by atoms with Crippen molar-refractivity contribution in [3.05, 3.63) is 35.9 Å². The number of carbonyl (C=O) groups excluding carboxylic acids is 1. The van der Waals surface area contributed by atoms with Gasteiger partial charge in [-0.3, -0.25) is 9.69 Å². The number of benzene rings is 1. The zero-order valence-corrected chi connectivity index (χ0v) is 12.1. The van der Waals surface area contributed by atoms with Crippen LogP contribution in [0.1, 0.15) is 18.4 Å². The van der Waals surface area contributed by atoms with Crippen LogP contribution in [0.5, 0.6) is 0 Å². The molecule has 1 saturated heterocycles. The first kappa shape index (κ1) is 15.0. The molecule has 0 atom stereocenters. The van der Waals surface area contributed by atoms with Crippen LogP contribution in [0.15, 0.2) is 30.3 Å². The molecule has 3 N–H and O–H groups in total. The lowest BCUT2D eigenvalue weighted by molar-refractivity contribution is -0.122. The number of likely N-dealkylation sites (tertiary alicyclic amines) is 1. The molecule has 0 radical (unpaired) electrons. The Morgan fingerprint density at radius 1 is 1.25 bits per heavy atom.